The van der Waals surface area contributed by atoms with E-state index in [9.17, 15) is 23.2 Å². The highest BCUT2D eigenvalue weighted by molar-refractivity contribution is 6.11. The molecule has 3 amide bonds. The van der Waals surface area contributed by atoms with Crippen LogP contribution >= 0.6 is 0 Å². The molecule has 30 heavy (non-hydrogen) atoms. The molecule has 1 unspecified atom stereocenters. The van der Waals surface area contributed by atoms with Crippen molar-refractivity contribution in [2.45, 2.75) is 25.5 Å². The lowest BCUT2D eigenvalue weighted by atomic mass is 9.87. The second-order valence-corrected chi connectivity index (χ2v) is 6.63. The molecule has 7 nitrogen and oxygen atoms in total. The molecule has 0 bridgehead atoms. The molecule has 0 aliphatic carbocycles. The Balaban J connectivity index is 1.78. The van der Waals surface area contributed by atoms with Crippen LogP contribution in [0.5, 0.6) is 11.5 Å². The Morgan fingerprint density at radius 2 is 1.67 bits per heavy atom. The number of ketones is 1. The van der Waals surface area contributed by atoms with Crippen molar-refractivity contribution in [2.75, 3.05) is 13.7 Å². The molecule has 2 aromatic rings. The normalized spacial score (nSPS) is 18.5. The first-order valence-electron chi connectivity index (χ1n) is 9.17. The first kappa shape index (κ1) is 21.2. The Morgan fingerprint density at radius 1 is 1.07 bits per heavy atom. The summed E-state index contributed by atoms with van der Waals surface area (Å²) in [5.41, 5.74) is -0.540. The van der Waals surface area contributed by atoms with Gasteiger partial charge in [0.15, 0.2) is 5.78 Å². The molecule has 1 aliphatic heterocycles. The van der Waals surface area contributed by atoms with Crippen molar-refractivity contribution in [3.05, 3.63) is 59.7 Å². The molecule has 1 atom stereocenters. The number of benzene rings is 2. The maximum absolute atomic E-state index is 13.1. The quantitative estimate of drug-likeness (QED) is 0.525. The van der Waals surface area contributed by atoms with Gasteiger partial charge in [0.2, 0.25) is 0 Å². The Kier molecular flexibility index (Phi) is 6.00. The Morgan fingerprint density at radius 3 is 2.20 bits per heavy atom. The number of imide groups is 1. The fraction of sp³-hybridized carbons (Fsp3) is 0.286. The molecule has 9 heteroatoms. The SMILES string of the molecule is CCC1(c2ccc(OC)cc2)NC(=O)N(CC(=O)c2ccc(OC(F)F)cc2)C1=O. The topological polar surface area (TPSA) is 84.9 Å². The molecule has 1 fully saturated rings. The Bertz CT molecular complexity index is 947. The second kappa shape index (κ2) is 8.48. The summed E-state index contributed by atoms with van der Waals surface area (Å²) in [5, 5.41) is 2.70. The van der Waals surface area contributed by atoms with Crippen LogP contribution in [0.15, 0.2) is 48.5 Å². The molecule has 0 spiro atoms. The van der Waals surface area contributed by atoms with Gasteiger partial charge >= 0.3 is 12.6 Å². The zero-order chi connectivity index (χ0) is 21.9. The van der Waals surface area contributed by atoms with Gasteiger partial charge in [-0.15, -0.1) is 0 Å². The van der Waals surface area contributed by atoms with Crippen LogP contribution in [-0.4, -0.2) is 42.9 Å². The van der Waals surface area contributed by atoms with Gasteiger partial charge in [0.25, 0.3) is 5.91 Å². The summed E-state index contributed by atoms with van der Waals surface area (Å²) in [6, 6.07) is 11.1. The van der Waals surface area contributed by atoms with E-state index in [1.807, 2.05) is 0 Å². The molecule has 0 radical (unpaired) electrons. The number of hydrogen-bond acceptors (Lipinski definition) is 5. The first-order chi connectivity index (χ1) is 14.3. The molecule has 1 saturated heterocycles. The minimum Gasteiger partial charge on any atom is -0.497 e. The van der Waals surface area contributed by atoms with Gasteiger partial charge in [-0.05, 0) is 48.4 Å². The Labute approximate surface area is 171 Å². The molecule has 158 valence electrons. The third-order valence-electron chi connectivity index (χ3n) is 4.99. The number of halogens is 2. The van der Waals surface area contributed by atoms with Crippen molar-refractivity contribution in [2.24, 2.45) is 0 Å². The fourth-order valence-electron chi connectivity index (χ4n) is 3.34. The van der Waals surface area contributed by atoms with Crippen molar-refractivity contribution in [1.29, 1.82) is 0 Å². The highest BCUT2D eigenvalue weighted by Gasteiger charge is 2.51. The van der Waals surface area contributed by atoms with Gasteiger partial charge in [0.05, 0.1) is 13.7 Å². The van der Waals surface area contributed by atoms with E-state index in [4.69, 9.17) is 4.74 Å². The number of urea groups is 1. The number of rotatable bonds is 8. The Hall–Kier alpha value is -3.49. The van der Waals surface area contributed by atoms with Crippen LogP contribution in [0.1, 0.15) is 29.3 Å². The lowest BCUT2D eigenvalue weighted by molar-refractivity contribution is -0.131. The van der Waals surface area contributed by atoms with Crippen LogP contribution in [0, 0.1) is 0 Å². The predicted octanol–water partition coefficient (Wildman–Crippen LogP) is 3.34. The van der Waals surface area contributed by atoms with Crippen molar-refractivity contribution >= 4 is 17.7 Å². The van der Waals surface area contributed by atoms with Crippen LogP contribution in [0.3, 0.4) is 0 Å². The maximum atomic E-state index is 13.1. The van der Waals surface area contributed by atoms with Gasteiger partial charge in [-0.2, -0.15) is 8.78 Å². The molecule has 1 aliphatic rings. The van der Waals surface area contributed by atoms with Crippen molar-refractivity contribution in [3.8, 4) is 11.5 Å². The molecule has 0 aromatic heterocycles. The monoisotopic (exact) mass is 418 g/mol. The number of nitrogens with zero attached hydrogens (tertiary/aromatic N) is 1. The highest BCUT2D eigenvalue weighted by atomic mass is 19.3. The number of nitrogens with one attached hydrogen (secondary N) is 1. The zero-order valence-electron chi connectivity index (χ0n) is 16.4. The summed E-state index contributed by atoms with van der Waals surface area (Å²) in [6.45, 7) is -1.69. The van der Waals surface area contributed by atoms with E-state index in [2.05, 4.69) is 10.1 Å². The van der Waals surface area contributed by atoms with E-state index in [0.717, 1.165) is 4.90 Å². The number of methoxy groups -OCH3 is 1. The third kappa shape index (κ3) is 3.96. The highest BCUT2D eigenvalue weighted by Crippen LogP contribution is 2.33. The lowest BCUT2D eigenvalue weighted by Gasteiger charge is -2.26. The summed E-state index contributed by atoms with van der Waals surface area (Å²) in [7, 11) is 1.52. The van der Waals surface area contributed by atoms with Crippen molar-refractivity contribution in [1.82, 2.24) is 10.2 Å². The van der Waals surface area contributed by atoms with Gasteiger partial charge in [0, 0.05) is 5.56 Å². The van der Waals surface area contributed by atoms with E-state index in [1.165, 1.54) is 31.4 Å². The van der Waals surface area contributed by atoms with Crippen LogP contribution < -0.4 is 14.8 Å². The number of hydrogen-bond donors (Lipinski definition) is 1. The minimum atomic E-state index is -2.97. The van der Waals surface area contributed by atoms with Crippen LogP contribution in [0.25, 0.3) is 0 Å². The summed E-state index contributed by atoms with van der Waals surface area (Å²) in [6.07, 6.45) is 0.286. The molecular formula is C21H20F2N2O5. The van der Waals surface area contributed by atoms with Crippen LogP contribution in [0.4, 0.5) is 13.6 Å². The largest absolute Gasteiger partial charge is 0.497 e. The summed E-state index contributed by atoms with van der Waals surface area (Å²) < 4.78 is 33.8. The van der Waals surface area contributed by atoms with Crippen molar-refractivity contribution in [3.63, 3.8) is 0 Å². The van der Waals surface area contributed by atoms with Gasteiger partial charge in [-0.25, -0.2) is 4.79 Å². The fourth-order valence-corrected chi connectivity index (χ4v) is 3.34. The number of amides is 3. The smallest absolute Gasteiger partial charge is 0.387 e. The molecule has 2 aromatic carbocycles. The molecule has 1 N–H and O–H groups in total. The van der Waals surface area contributed by atoms with Crippen LogP contribution in [-0.2, 0) is 10.3 Å². The van der Waals surface area contributed by atoms with E-state index in [-0.39, 0.29) is 17.7 Å². The minimum absolute atomic E-state index is 0.0963. The lowest BCUT2D eigenvalue weighted by Crippen LogP contribution is -2.43. The molecule has 1 heterocycles. The van der Waals surface area contributed by atoms with E-state index in [0.29, 0.717) is 11.3 Å². The van der Waals surface area contributed by atoms with Gasteiger partial charge in [-0.1, -0.05) is 19.1 Å². The molecule has 0 saturated carbocycles. The van der Waals surface area contributed by atoms with E-state index >= 15 is 0 Å². The standard InChI is InChI=1S/C21H20F2N2O5/c1-3-21(14-6-10-15(29-2)11-7-14)18(27)25(20(28)24-21)12-17(26)13-4-8-16(9-5-13)30-19(22)23/h4-11,19H,3,12H2,1-2H3,(H,24,28). The number of carbonyl (C=O) groups is 3. The number of ether oxygens (including phenoxy) is 2. The summed E-state index contributed by atoms with van der Waals surface area (Å²) in [5.74, 6) is -0.538. The van der Waals surface area contributed by atoms with Gasteiger partial charge < -0.3 is 14.8 Å². The number of Topliss-reactive ketones (excluding diaryl/α,β-unsaturated/α-hetero) is 1. The van der Waals surface area contributed by atoms with Gasteiger partial charge in [-0.3, -0.25) is 14.5 Å². The summed E-state index contributed by atoms with van der Waals surface area (Å²) >= 11 is 0. The average Bonchev–Trinajstić information content (AvgIpc) is 2.99. The third-order valence-corrected chi connectivity index (χ3v) is 4.99. The van der Waals surface area contributed by atoms with E-state index < -0.39 is 36.4 Å². The average molecular weight is 418 g/mol. The van der Waals surface area contributed by atoms with Gasteiger partial charge in [0.1, 0.15) is 17.0 Å². The maximum Gasteiger partial charge on any atom is 0.387 e. The van der Waals surface area contributed by atoms with Crippen molar-refractivity contribution < 1.29 is 32.6 Å². The first-order valence-corrected chi connectivity index (χ1v) is 9.17. The zero-order valence-corrected chi connectivity index (χ0v) is 16.4. The number of carbonyl (C=O) groups excluding carboxylic acids is 3. The second-order valence-electron chi connectivity index (χ2n) is 6.63. The molecule has 3 rings (SSSR count). The summed E-state index contributed by atoms with van der Waals surface area (Å²) in [4.78, 5) is 39.1. The predicted molar refractivity (Wildman–Crippen MR) is 103 cm³/mol. The van der Waals surface area contributed by atoms with E-state index in [1.54, 1.807) is 31.2 Å². The molecular weight excluding hydrogens is 398 g/mol. The van der Waals surface area contributed by atoms with Crippen LogP contribution in [0.2, 0.25) is 0 Å². The number of alkyl halides is 2.